The molecule has 0 radical (unpaired) electrons. The molecule has 0 saturated heterocycles. The number of benzene rings is 1. The Bertz CT molecular complexity index is 640. The van der Waals surface area contributed by atoms with E-state index in [1.54, 1.807) is 13.2 Å². The van der Waals surface area contributed by atoms with Crippen molar-refractivity contribution < 1.29 is 14.6 Å². The number of fused-ring (bicyclic) bond motifs is 1. The molecule has 0 amide bonds. The molecule has 0 unspecified atom stereocenters. The number of hydrogen-bond acceptors (Lipinski definition) is 4. The smallest absolute Gasteiger partial charge is 0.339 e. The van der Waals surface area contributed by atoms with E-state index in [1.807, 2.05) is 43.0 Å². The molecule has 0 saturated carbocycles. The van der Waals surface area contributed by atoms with Gasteiger partial charge in [-0.05, 0) is 26.0 Å². The molecular weight excluding hydrogens is 268 g/mol. The monoisotopic (exact) mass is 288 g/mol. The topological polar surface area (TPSA) is 62.7 Å². The number of carboxylic acids is 1. The van der Waals surface area contributed by atoms with Crippen LogP contribution in [0.25, 0.3) is 10.9 Å². The minimum absolute atomic E-state index is 0.131. The summed E-state index contributed by atoms with van der Waals surface area (Å²) in [6.45, 7) is 5.14. The molecular formula is C16H20N2O3. The predicted molar refractivity (Wildman–Crippen MR) is 83.1 cm³/mol. The van der Waals surface area contributed by atoms with Gasteiger partial charge in [0, 0.05) is 25.1 Å². The number of aromatic nitrogens is 1. The fourth-order valence-corrected chi connectivity index (χ4v) is 2.28. The molecule has 1 aromatic heterocycles. The molecule has 0 aliphatic carbocycles. The van der Waals surface area contributed by atoms with E-state index in [2.05, 4.69) is 4.98 Å². The second-order valence-corrected chi connectivity index (χ2v) is 5.14. The van der Waals surface area contributed by atoms with Crippen LogP contribution in [0.4, 0.5) is 5.82 Å². The first-order valence-electron chi connectivity index (χ1n) is 6.93. The van der Waals surface area contributed by atoms with Crippen molar-refractivity contribution >= 4 is 22.7 Å². The van der Waals surface area contributed by atoms with Gasteiger partial charge in [0.25, 0.3) is 0 Å². The fourth-order valence-electron chi connectivity index (χ4n) is 2.28. The van der Waals surface area contributed by atoms with Gasteiger partial charge in [-0.15, -0.1) is 0 Å². The van der Waals surface area contributed by atoms with Gasteiger partial charge in [-0.25, -0.2) is 9.78 Å². The van der Waals surface area contributed by atoms with Gasteiger partial charge < -0.3 is 14.7 Å². The van der Waals surface area contributed by atoms with Crippen molar-refractivity contribution in [1.82, 2.24) is 4.98 Å². The summed E-state index contributed by atoms with van der Waals surface area (Å²) < 4.78 is 5.11. The summed E-state index contributed by atoms with van der Waals surface area (Å²) in [5, 5.41) is 10.3. The van der Waals surface area contributed by atoms with Gasteiger partial charge in [0.05, 0.1) is 12.1 Å². The van der Waals surface area contributed by atoms with Crippen LogP contribution in [0.15, 0.2) is 30.3 Å². The van der Waals surface area contributed by atoms with Gasteiger partial charge in [0.15, 0.2) is 0 Å². The Morgan fingerprint density at radius 1 is 1.38 bits per heavy atom. The van der Waals surface area contributed by atoms with Crippen molar-refractivity contribution in [3.63, 3.8) is 0 Å². The summed E-state index contributed by atoms with van der Waals surface area (Å²) in [7, 11) is 1.63. The van der Waals surface area contributed by atoms with Crippen molar-refractivity contribution in [3.05, 3.63) is 35.9 Å². The molecule has 5 nitrogen and oxygen atoms in total. The number of nitrogens with zero attached hydrogens (tertiary/aromatic N) is 2. The normalized spacial score (nSPS) is 11.0. The number of ether oxygens (including phenoxy) is 1. The lowest BCUT2D eigenvalue weighted by molar-refractivity contribution is 0.0697. The lowest BCUT2D eigenvalue weighted by Gasteiger charge is -2.29. The first-order valence-corrected chi connectivity index (χ1v) is 6.93. The molecule has 0 fully saturated rings. The standard InChI is InChI=1S/C16H20N2O3/c1-11(2)18(8-9-21-3)15-13(16(19)20)10-12-6-4-5-7-14(12)17-15/h4-7,10-11H,8-9H2,1-3H3,(H,19,20). The minimum atomic E-state index is -0.966. The highest BCUT2D eigenvalue weighted by molar-refractivity contribution is 5.98. The quantitative estimate of drug-likeness (QED) is 0.885. The average molecular weight is 288 g/mol. The van der Waals surface area contributed by atoms with E-state index in [0.29, 0.717) is 19.0 Å². The Labute approximate surface area is 124 Å². The van der Waals surface area contributed by atoms with Crippen molar-refractivity contribution in [2.45, 2.75) is 19.9 Å². The van der Waals surface area contributed by atoms with Gasteiger partial charge in [0.1, 0.15) is 11.4 Å². The van der Waals surface area contributed by atoms with E-state index in [-0.39, 0.29) is 11.6 Å². The largest absolute Gasteiger partial charge is 0.478 e. The van der Waals surface area contributed by atoms with Crippen LogP contribution >= 0.6 is 0 Å². The van der Waals surface area contributed by atoms with Crippen LogP contribution in [0.5, 0.6) is 0 Å². The van der Waals surface area contributed by atoms with Crippen molar-refractivity contribution in [3.8, 4) is 0 Å². The maximum absolute atomic E-state index is 11.6. The number of aromatic carboxylic acids is 1. The molecule has 112 valence electrons. The third-order valence-corrected chi connectivity index (χ3v) is 3.37. The predicted octanol–water partition coefficient (Wildman–Crippen LogP) is 2.79. The molecule has 0 aliphatic rings. The lowest BCUT2D eigenvalue weighted by Crippen LogP contribution is -2.35. The third kappa shape index (κ3) is 3.31. The highest BCUT2D eigenvalue weighted by Crippen LogP contribution is 2.25. The Morgan fingerprint density at radius 3 is 2.71 bits per heavy atom. The van der Waals surface area contributed by atoms with Crippen LogP contribution in [-0.4, -0.2) is 42.4 Å². The minimum Gasteiger partial charge on any atom is -0.478 e. The van der Waals surface area contributed by atoms with Crippen molar-refractivity contribution in [2.24, 2.45) is 0 Å². The summed E-state index contributed by atoms with van der Waals surface area (Å²) in [6, 6.07) is 9.34. The summed E-state index contributed by atoms with van der Waals surface area (Å²) in [5.74, 6) is -0.473. The highest BCUT2D eigenvalue weighted by Gasteiger charge is 2.20. The van der Waals surface area contributed by atoms with Crippen LogP contribution in [-0.2, 0) is 4.74 Å². The number of anilines is 1. The number of carbonyl (C=O) groups is 1. The van der Waals surface area contributed by atoms with E-state index in [4.69, 9.17) is 4.74 Å². The molecule has 0 aliphatic heterocycles. The Morgan fingerprint density at radius 2 is 2.10 bits per heavy atom. The van der Waals surface area contributed by atoms with Crippen LogP contribution in [0.1, 0.15) is 24.2 Å². The van der Waals surface area contributed by atoms with E-state index in [1.165, 1.54) is 0 Å². The SMILES string of the molecule is COCCN(c1nc2ccccc2cc1C(=O)O)C(C)C. The molecule has 0 bridgehead atoms. The maximum Gasteiger partial charge on any atom is 0.339 e. The zero-order valence-electron chi connectivity index (χ0n) is 12.5. The first kappa shape index (κ1) is 15.3. The van der Waals surface area contributed by atoms with Crippen molar-refractivity contribution in [2.75, 3.05) is 25.2 Å². The number of para-hydroxylation sites is 1. The molecule has 1 heterocycles. The first-order chi connectivity index (χ1) is 10.0. The molecule has 2 rings (SSSR count). The van der Waals surface area contributed by atoms with E-state index < -0.39 is 5.97 Å². The summed E-state index contributed by atoms with van der Waals surface area (Å²) in [4.78, 5) is 18.1. The second kappa shape index (κ2) is 6.54. The number of carboxylic acid groups (broad SMARTS) is 1. The Balaban J connectivity index is 2.57. The van der Waals surface area contributed by atoms with Gasteiger partial charge in [-0.3, -0.25) is 0 Å². The number of pyridine rings is 1. The third-order valence-electron chi connectivity index (χ3n) is 3.37. The van der Waals surface area contributed by atoms with Crippen LogP contribution < -0.4 is 4.90 Å². The van der Waals surface area contributed by atoms with Gasteiger partial charge in [-0.1, -0.05) is 18.2 Å². The molecule has 1 aromatic carbocycles. The van der Waals surface area contributed by atoms with Gasteiger partial charge >= 0.3 is 5.97 Å². The average Bonchev–Trinajstić information content (AvgIpc) is 2.46. The van der Waals surface area contributed by atoms with E-state index in [0.717, 1.165) is 10.9 Å². The molecule has 0 spiro atoms. The molecule has 2 aromatic rings. The summed E-state index contributed by atoms with van der Waals surface area (Å²) >= 11 is 0. The van der Waals surface area contributed by atoms with Crippen molar-refractivity contribution in [1.29, 1.82) is 0 Å². The Hall–Kier alpha value is -2.14. The van der Waals surface area contributed by atoms with Gasteiger partial charge in [0.2, 0.25) is 0 Å². The number of methoxy groups -OCH3 is 1. The molecule has 5 heteroatoms. The molecule has 1 N–H and O–H groups in total. The number of rotatable bonds is 6. The van der Waals surface area contributed by atoms with Crippen LogP contribution in [0.2, 0.25) is 0 Å². The molecule has 21 heavy (non-hydrogen) atoms. The second-order valence-electron chi connectivity index (χ2n) is 5.14. The Kier molecular flexibility index (Phi) is 4.75. The van der Waals surface area contributed by atoms with E-state index >= 15 is 0 Å². The van der Waals surface area contributed by atoms with Gasteiger partial charge in [-0.2, -0.15) is 0 Å². The zero-order valence-corrected chi connectivity index (χ0v) is 12.5. The lowest BCUT2D eigenvalue weighted by atomic mass is 10.1. The summed E-state index contributed by atoms with van der Waals surface area (Å²) in [6.07, 6.45) is 0. The maximum atomic E-state index is 11.6. The van der Waals surface area contributed by atoms with E-state index in [9.17, 15) is 9.90 Å². The number of hydrogen-bond donors (Lipinski definition) is 1. The summed E-state index contributed by atoms with van der Waals surface area (Å²) in [5.41, 5.74) is 1.01. The van der Waals surface area contributed by atoms with Crippen LogP contribution in [0.3, 0.4) is 0 Å². The zero-order chi connectivity index (χ0) is 15.4. The fraction of sp³-hybridized carbons (Fsp3) is 0.375. The van der Waals surface area contributed by atoms with Crippen LogP contribution in [0, 0.1) is 0 Å². The highest BCUT2D eigenvalue weighted by atomic mass is 16.5. The molecule has 0 atom stereocenters.